The van der Waals surface area contributed by atoms with Crippen LogP contribution in [0.15, 0.2) is 198 Å². The van der Waals surface area contributed by atoms with E-state index < -0.39 is 0 Å². The van der Waals surface area contributed by atoms with Crippen LogP contribution >= 0.6 is 0 Å². The average Bonchev–Trinajstić information content (AvgIpc) is 3.90. The maximum absolute atomic E-state index is 9.09. The number of rotatable bonds is 5. The van der Waals surface area contributed by atoms with Gasteiger partial charge in [0.2, 0.25) is 0 Å². The van der Waals surface area contributed by atoms with E-state index in [1.165, 1.54) is 12.1 Å². The molecule has 9 aromatic carbocycles. The molecule has 0 bridgehead atoms. The van der Waals surface area contributed by atoms with E-state index in [1.54, 1.807) is 4.57 Å². The first-order valence-electron chi connectivity index (χ1n) is 22.0. The molecule has 0 fully saturated rings. The Labute approximate surface area is 341 Å². The zero-order valence-electron chi connectivity index (χ0n) is 36.7. The average molecular weight is 747 g/mol. The molecule has 12 rings (SSSR count). The van der Waals surface area contributed by atoms with E-state index in [0.717, 1.165) is 60.1 Å². The summed E-state index contributed by atoms with van der Waals surface area (Å²) in [5.41, 5.74) is 6.45. The second-order valence-electron chi connectivity index (χ2n) is 14.3. The molecule has 5 heteroatoms. The van der Waals surface area contributed by atoms with Gasteiger partial charge in [0, 0.05) is 49.5 Å². The van der Waals surface area contributed by atoms with Crippen LogP contribution in [0.2, 0.25) is 0 Å². The zero-order valence-corrected chi connectivity index (χ0v) is 30.7. The number of hydrogen-bond donors (Lipinski definition) is 0. The van der Waals surface area contributed by atoms with Crippen molar-refractivity contribution in [2.45, 2.75) is 0 Å². The first-order valence-corrected chi connectivity index (χ1v) is 19.0. The summed E-state index contributed by atoms with van der Waals surface area (Å²) in [5, 5.41) is 6.34. The van der Waals surface area contributed by atoms with Gasteiger partial charge in [-0.1, -0.05) is 152 Å². The van der Waals surface area contributed by atoms with Crippen LogP contribution in [-0.4, -0.2) is 19.5 Å². The molecule has 0 aliphatic rings. The first kappa shape index (κ1) is 26.8. The highest BCUT2D eigenvalue weighted by atomic mass is 16.3. The second-order valence-corrected chi connectivity index (χ2v) is 14.3. The van der Waals surface area contributed by atoms with E-state index in [9.17, 15) is 0 Å². The van der Waals surface area contributed by atoms with E-state index in [1.807, 2.05) is 109 Å². The van der Waals surface area contributed by atoms with Gasteiger partial charge in [-0.25, -0.2) is 15.0 Å². The van der Waals surface area contributed by atoms with Crippen LogP contribution in [-0.2, 0) is 0 Å². The highest BCUT2D eigenvalue weighted by molar-refractivity contribution is 6.15. The molecule has 0 radical (unpaired) electrons. The minimum absolute atomic E-state index is 0.0242. The molecule has 0 amide bonds. The number of hydrogen-bond acceptors (Lipinski definition) is 4. The van der Waals surface area contributed by atoms with Crippen LogP contribution in [0.4, 0.5) is 0 Å². The Morgan fingerprint density at radius 3 is 1.78 bits per heavy atom. The largest absolute Gasteiger partial charge is 0.455 e. The summed E-state index contributed by atoms with van der Waals surface area (Å²) in [6, 6.07) is 50.2. The van der Waals surface area contributed by atoms with Crippen LogP contribution in [0.25, 0.3) is 116 Å². The molecule has 0 aliphatic heterocycles. The van der Waals surface area contributed by atoms with Crippen LogP contribution in [0.3, 0.4) is 0 Å². The van der Waals surface area contributed by atoms with Crippen molar-refractivity contribution in [3.8, 4) is 51.0 Å². The molecule has 0 aliphatic carbocycles. The van der Waals surface area contributed by atoms with Gasteiger partial charge in [-0.3, -0.25) is 0 Å². The Morgan fingerprint density at radius 1 is 0.414 bits per heavy atom. The fourth-order valence-corrected chi connectivity index (χ4v) is 8.32. The van der Waals surface area contributed by atoms with Crippen molar-refractivity contribution >= 4 is 65.3 Å². The number of para-hydroxylation sites is 2. The smallest absolute Gasteiger partial charge is 0.164 e. The number of benzene rings is 9. The summed E-state index contributed by atoms with van der Waals surface area (Å²) in [6.45, 7) is 0. The van der Waals surface area contributed by atoms with Gasteiger partial charge in [-0.2, -0.15) is 0 Å². The maximum Gasteiger partial charge on any atom is 0.164 e. The van der Waals surface area contributed by atoms with Crippen molar-refractivity contribution in [1.82, 2.24) is 19.5 Å². The molecule has 3 heterocycles. The molecule has 0 N–H and O–H groups in total. The molecule has 0 saturated carbocycles. The summed E-state index contributed by atoms with van der Waals surface area (Å²) in [5.74, 6) is 1.56. The second kappa shape index (κ2) is 12.8. The third-order valence-corrected chi connectivity index (χ3v) is 11.0. The lowest BCUT2D eigenvalue weighted by Gasteiger charge is -2.12. The van der Waals surface area contributed by atoms with Crippen molar-refractivity contribution < 1.29 is 12.6 Å². The number of furan rings is 1. The van der Waals surface area contributed by atoms with Crippen molar-refractivity contribution in [3.63, 3.8) is 0 Å². The lowest BCUT2D eigenvalue weighted by atomic mass is 9.97. The van der Waals surface area contributed by atoms with Gasteiger partial charge < -0.3 is 8.98 Å². The fraction of sp³-hybridized carbons (Fsp3) is 0. The molecular formula is C53H32N4O. The molecule has 0 spiro atoms. The number of aromatic nitrogens is 4. The van der Waals surface area contributed by atoms with Crippen molar-refractivity contribution in [2.24, 2.45) is 0 Å². The lowest BCUT2D eigenvalue weighted by Crippen LogP contribution is -2.00. The SMILES string of the molecule is [2H]c1cc([2H])c2c(c1[2H])c1c([2H])c([2H])cc([2H])c1n2-c1cc(-c2ccccc2)c2oc3cc(-c4nc(-c5ccccc5)nc(-c5cc6ccccc6c6ccccc56)n4)ccc3c2c1. The van der Waals surface area contributed by atoms with Gasteiger partial charge in [0.15, 0.2) is 17.5 Å². The van der Waals surface area contributed by atoms with Crippen LogP contribution in [0.1, 0.15) is 8.22 Å². The summed E-state index contributed by atoms with van der Waals surface area (Å²) < 4.78 is 61.6. The maximum atomic E-state index is 9.09. The van der Waals surface area contributed by atoms with E-state index in [-0.39, 0.29) is 58.1 Å². The third kappa shape index (κ3) is 5.07. The normalized spacial score (nSPS) is 13.2. The topological polar surface area (TPSA) is 56.7 Å². The van der Waals surface area contributed by atoms with E-state index in [0.29, 0.717) is 34.3 Å². The van der Waals surface area contributed by atoms with Gasteiger partial charge >= 0.3 is 0 Å². The van der Waals surface area contributed by atoms with Crippen molar-refractivity contribution in [1.29, 1.82) is 0 Å². The van der Waals surface area contributed by atoms with Crippen LogP contribution in [0.5, 0.6) is 0 Å². The summed E-state index contributed by atoms with van der Waals surface area (Å²) >= 11 is 0. The van der Waals surface area contributed by atoms with Crippen molar-refractivity contribution in [3.05, 3.63) is 194 Å². The highest BCUT2D eigenvalue weighted by Gasteiger charge is 2.20. The van der Waals surface area contributed by atoms with Gasteiger partial charge in [0.1, 0.15) is 11.2 Å². The van der Waals surface area contributed by atoms with Gasteiger partial charge in [0.25, 0.3) is 0 Å². The third-order valence-electron chi connectivity index (χ3n) is 11.0. The molecule has 3 aromatic heterocycles. The summed E-state index contributed by atoms with van der Waals surface area (Å²) in [4.78, 5) is 15.3. The van der Waals surface area contributed by atoms with Crippen LogP contribution in [0, 0.1) is 0 Å². The predicted octanol–water partition coefficient (Wildman–Crippen LogP) is 13.8. The highest BCUT2D eigenvalue weighted by Crippen LogP contribution is 2.42. The molecule has 0 saturated heterocycles. The molecule has 12 aromatic rings. The molecule has 58 heavy (non-hydrogen) atoms. The van der Waals surface area contributed by atoms with Gasteiger partial charge in [-0.05, 0) is 69.5 Å². The first-order chi connectivity index (χ1) is 31.2. The van der Waals surface area contributed by atoms with E-state index in [2.05, 4.69) is 36.4 Å². The van der Waals surface area contributed by atoms with Gasteiger partial charge in [0.05, 0.1) is 19.3 Å². The Kier molecular flexibility index (Phi) is 5.94. The lowest BCUT2D eigenvalue weighted by molar-refractivity contribution is 0.670. The van der Waals surface area contributed by atoms with Gasteiger partial charge in [-0.15, -0.1) is 0 Å². The standard InChI is InChI=1S/C53H32N4O/c1-3-15-33(16-4-1)44-31-37(57-47-25-13-11-23-41(47)42-24-12-14-26-48(42)57)32-45-43-28-27-36(30-49(43)58-50(44)45)52-54-51(34-17-5-2-6-18-34)55-53(56-52)46-29-35-19-7-8-20-38(35)39-21-9-10-22-40(39)46/h1-32H/i11D,12D,23D,24D,25D,26D. The van der Waals surface area contributed by atoms with E-state index >= 15 is 0 Å². The minimum Gasteiger partial charge on any atom is -0.455 e. The molecule has 270 valence electrons. The Hall–Kier alpha value is -7.89. The minimum atomic E-state index is -0.165. The molecule has 5 nitrogen and oxygen atoms in total. The van der Waals surface area contributed by atoms with E-state index in [4.69, 9.17) is 27.6 Å². The number of fused-ring (bicyclic) bond motifs is 9. The molecule has 0 unspecified atom stereocenters. The summed E-state index contributed by atoms with van der Waals surface area (Å²) in [7, 11) is 0. The monoisotopic (exact) mass is 746 g/mol. The van der Waals surface area contributed by atoms with Crippen LogP contribution < -0.4 is 0 Å². The summed E-state index contributed by atoms with van der Waals surface area (Å²) in [6.07, 6.45) is 0. The quantitative estimate of drug-likeness (QED) is 0.165. The fourth-order valence-electron chi connectivity index (χ4n) is 8.32. The number of nitrogens with zero attached hydrogens (tertiary/aromatic N) is 4. The molecule has 0 atom stereocenters. The van der Waals surface area contributed by atoms with Crippen molar-refractivity contribution in [2.75, 3.05) is 0 Å². The predicted molar refractivity (Wildman–Crippen MR) is 238 cm³/mol. The molecular weight excluding hydrogens is 709 g/mol. The Bertz CT molecular complexity index is 3850. The Morgan fingerprint density at radius 2 is 1.03 bits per heavy atom. The zero-order chi connectivity index (χ0) is 43.4. The Balaban J connectivity index is 1.11.